The van der Waals surface area contributed by atoms with E-state index < -0.39 is 6.09 Å². The zero-order chi connectivity index (χ0) is 13.7. The van der Waals surface area contributed by atoms with Crippen LogP contribution in [0.1, 0.15) is 31.2 Å². The second-order valence-corrected chi connectivity index (χ2v) is 5.42. The molecule has 2 rings (SSSR count). The molecule has 0 bridgehead atoms. The smallest absolute Gasteiger partial charge is 0.404 e. The molecule has 1 saturated carbocycles. The Morgan fingerprint density at radius 3 is 2.47 bits per heavy atom. The highest BCUT2D eigenvalue weighted by molar-refractivity contribution is 5.65. The summed E-state index contributed by atoms with van der Waals surface area (Å²) < 4.78 is 0. The van der Waals surface area contributed by atoms with Gasteiger partial charge in [-0.05, 0) is 43.6 Å². The quantitative estimate of drug-likeness (QED) is 0.779. The van der Waals surface area contributed by atoms with Crippen molar-refractivity contribution < 1.29 is 9.90 Å². The molecule has 1 aliphatic rings. The van der Waals surface area contributed by atoms with E-state index >= 15 is 0 Å². The number of carboxylic acid groups (broad SMARTS) is 1. The van der Waals surface area contributed by atoms with Gasteiger partial charge in [0.05, 0.1) is 0 Å². The van der Waals surface area contributed by atoms with Crippen molar-refractivity contribution in [1.29, 1.82) is 0 Å². The van der Waals surface area contributed by atoms with Crippen LogP contribution in [0.5, 0.6) is 0 Å². The van der Waals surface area contributed by atoms with Gasteiger partial charge in [-0.25, -0.2) is 4.79 Å². The Labute approximate surface area is 114 Å². The molecule has 0 aliphatic heterocycles. The summed E-state index contributed by atoms with van der Waals surface area (Å²) in [6.07, 6.45) is 3.84. The maximum Gasteiger partial charge on any atom is 0.404 e. The molecule has 0 spiro atoms. The summed E-state index contributed by atoms with van der Waals surface area (Å²) in [5, 5.41) is 11.7. The molecule has 1 unspecified atom stereocenters. The SMILES string of the molecule is N[C@H]1CC[C@H](C(Cc2ccccc2)NC(=O)O)CC1. The summed E-state index contributed by atoms with van der Waals surface area (Å²) in [5.41, 5.74) is 7.09. The zero-order valence-corrected chi connectivity index (χ0v) is 11.1. The van der Waals surface area contributed by atoms with E-state index in [2.05, 4.69) is 5.32 Å². The predicted molar refractivity (Wildman–Crippen MR) is 75.0 cm³/mol. The minimum Gasteiger partial charge on any atom is -0.465 e. The van der Waals surface area contributed by atoms with Crippen molar-refractivity contribution >= 4 is 6.09 Å². The first-order valence-corrected chi connectivity index (χ1v) is 6.94. The lowest BCUT2D eigenvalue weighted by Crippen LogP contribution is -2.43. The van der Waals surface area contributed by atoms with Gasteiger partial charge < -0.3 is 16.2 Å². The van der Waals surface area contributed by atoms with Gasteiger partial charge in [-0.1, -0.05) is 30.3 Å². The fourth-order valence-corrected chi connectivity index (χ4v) is 2.91. The molecule has 1 fully saturated rings. The van der Waals surface area contributed by atoms with Gasteiger partial charge in [0.15, 0.2) is 0 Å². The van der Waals surface area contributed by atoms with Crippen molar-refractivity contribution in [3.05, 3.63) is 35.9 Å². The van der Waals surface area contributed by atoms with Crippen LogP contribution in [-0.2, 0) is 6.42 Å². The highest BCUT2D eigenvalue weighted by Crippen LogP contribution is 2.27. The normalized spacial score (nSPS) is 24.7. The van der Waals surface area contributed by atoms with Crippen LogP contribution in [0.3, 0.4) is 0 Å². The number of nitrogens with two attached hydrogens (primary N) is 1. The molecule has 1 aromatic rings. The van der Waals surface area contributed by atoms with Crippen molar-refractivity contribution in [1.82, 2.24) is 5.32 Å². The van der Waals surface area contributed by atoms with Gasteiger partial charge in [0.25, 0.3) is 0 Å². The van der Waals surface area contributed by atoms with Gasteiger partial charge in [-0.3, -0.25) is 0 Å². The molecule has 1 aromatic carbocycles. The summed E-state index contributed by atoms with van der Waals surface area (Å²) in [4.78, 5) is 11.0. The number of hydrogen-bond donors (Lipinski definition) is 3. The molecular weight excluding hydrogens is 240 g/mol. The van der Waals surface area contributed by atoms with E-state index in [0.29, 0.717) is 12.0 Å². The van der Waals surface area contributed by atoms with Crippen molar-refractivity contribution in [2.75, 3.05) is 0 Å². The molecule has 104 valence electrons. The van der Waals surface area contributed by atoms with Crippen molar-refractivity contribution in [3.63, 3.8) is 0 Å². The Kier molecular flexibility index (Phi) is 4.80. The number of rotatable bonds is 4. The van der Waals surface area contributed by atoms with Crippen LogP contribution in [0.15, 0.2) is 30.3 Å². The Hall–Kier alpha value is -1.55. The van der Waals surface area contributed by atoms with Gasteiger partial charge in [-0.15, -0.1) is 0 Å². The average Bonchev–Trinajstić information content (AvgIpc) is 2.39. The molecule has 1 atom stereocenters. The molecule has 0 heterocycles. The largest absolute Gasteiger partial charge is 0.465 e. The molecule has 1 amide bonds. The third-order valence-corrected chi connectivity index (χ3v) is 3.99. The Balaban J connectivity index is 2.01. The minimum absolute atomic E-state index is 0.00704. The topological polar surface area (TPSA) is 75.3 Å². The van der Waals surface area contributed by atoms with Crippen LogP contribution in [0.4, 0.5) is 4.79 Å². The fraction of sp³-hybridized carbons (Fsp3) is 0.533. The Morgan fingerprint density at radius 1 is 1.26 bits per heavy atom. The van der Waals surface area contributed by atoms with Crippen LogP contribution in [-0.4, -0.2) is 23.3 Å². The van der Waals surface area contributed by atoms with Crippen molar-refractivity contribution in [2.45, 2.75) is 44.2 Å². The number of carbonyl (C=O) groups is 1. The number of amides is 1. The van der Waals surface area contributed by atoms with Gasteiger partial charge in [-0.2, -0.15) is 0 Å². The molecule has 19 heavy (non-hydrogen) atoms. The summed E-state index contributed by atoms with van der Waals surface area (Å²) in [7, 11) is 0. The molecule has 4 heteroatoms. The van der Waals surface area contributed by atoms with Crippen LogP contribution < -0.4 is 11.1 Å². The molecule has 0 aromatic heterocycles. The zero-order valence-electron chi connectivity index (χ0n) is 11.1. The average molecular weight is 262 g/mol. The van der Waals surface area contributed by atoms with Crippen LogP contribution in [0.25, 0.3) is 0 Å². The first-order chi connectivity index (χ1) is 9.15. The van der Waals surface area contributed by atoms with E-state index in [4.69, 9.17) is 10.8 Å². The summed E-state index contributed by atoms with van der Waals surface area (Å²) in [6, 6.07) is 10.3. The van der Waals surface area contributed by atoms with E-state index in [0.717, 1.165) is 32.1 Å². The highest BCUT2D eigenvalue weighted by Gasteiger charge is 2.27. The Bertz CT molecular complexity index is 400. The van der Waals surface area contributed by atoms with E-state index in [1.807, 2.05) is 30.3 Å². The number of hydrogen-bond acceptors (Lipinski definition) is 2. The predicted octanol–water partition coefficient (Wildman–Crippen LogP) is 2.38. The fourth-order valence-electron chi connectivity index (χ4n) is 2.91. The maximum atomic E-state index is 11.0. The molecule has 0 radical (unpaired) electrons. The molecule has 0 saturated heterocycles. The summed E-state index contributed by atoms with van der Waals surface area (Å²) in [6.45, 7) is 0. The first-order valence-electron chi connectivity index (χ1n) is 6.94. The van der Waals surface area contributed by atoms with E-state index in [9.17, 15) is 4.79 Å². The van der Waals surface area contributed by atoms with Gasteiger partial charge >= 0.3 is 6.09 Å². The lowest BCUT2D eigenvalue weighted by molar-refractivity contribution is 0.176. The van der Waals surface area contributed by atoms with E-state index in [1.54, 1.807) is 0 Å². The van der Waals surface area contributed by atoms with Gasteiger partial charge in [0.1, 0.15) is 0 Å². The lowest BCUT2D eigenvalue weighted by Gasteiger charge is -2.32. The highest BCUT2D eigenvalue weighted by atomic mass is 16.4. The van der Waals surface area contributed by atoms with Crippen LogP contribution >= 0.6 is 0 Å². The monoisotopic (exact) mass is 262 g/mol. The van der Waals surface area contributed by atoms with Crippen molar-refractivity contribution in [2.24, 2.45) is 11.7 Å². The number of nitrogens with one attached hydrogen (secondary N) is 1. The van der Waals surface area contributed by atoms with E-state index in [1.165, 1.54) is 5.56 Å². The maximum absolute atomic E-state index is 11.0. The lowest BCUT2D eigenvalue weighted by atomic mass is 9.80. The van der Waals surface area contributed by atoms with Gasteiger partial charge in [0, 0.05) is 12.1 Å². The minimum atomic E-state index is -0.934. The third kappa shape index (κ3) is 4.24. The molecule has 1 aliphatic carbocycles. The van der Waals surface area contributed by atoms with Gasteiger partial charge in [0.2, 0.25) is 0 Å². The van der Waals surface area contributed by atoms with E-state index in [-0.39, 0.29) is 6.04 Å². The number of benzene rings is 1. The first kappa shape index (κ1) is 13.9. The second kappa shape index (κ2) is 6.57. The summed E-state index contributed by atoms with van der Waals surface area (Å²) >= 11 is 0. The summed E-state index contributed by atoms with van der Waals surface area (Å²) in [5.74, 6) is 0.399. The van der Waals surface area contributed by atoms with Crippen molar-refractivity contribution in [3.8, 4) is 0 Å². The van der Waals surface area contributed by atoms with Crippen LogP contribution in [0.2, 0.25) is 0 Å². The second-order valence-electron chi connectivity index (χ2n) is 5.42. The third-order valence-electron chi connectivity index (χ3n) is 3.99. The van der Waals surface area contributed by atoms with Crippen LogP contribution in [0, 0.1) is 5.92 Å². The Morgan fingerprint density at radius 2 is 1.89 bits per heavy atom. The molecule has 4 nitrogen and oxygen atoms in total. The standard InChI is InChI=1S/C15H22N2O2/c16-13-8-6-12(7-9-13)14(17-15(18)19)10-11-4-2-1-3-5-11/h1-5,12-14,17H,6-10,16H2,(H,18,19)/t12-,13-,14?. The molecular formula is C15H22N2O2. The molecule has 4 N–H and O–H groups in total.